The van der Waals surface area contributed by atoms with Crippen molar-refractivity contribution in [3.63, 3.8) is 0 Å². The first-order valence-corrected chi connectivity index (χ1v) is 8.09. The van der Waals surface area contributed by atoms with Crippen LogP contribution in [0.25, 0.3) is 0 Å². The number of thiophene rings is 1. The van der Waals surface area contributed by atoms with Crippen LogP contribution in [0, 0.1) is 0 Å². The van der Waals surface area contributed by atoms with Gasteiger partial charge in [-0.15, -0.1) is 11.3 Å². The van der Waals surface area contributed by atoms with E-state index in [1.54, 1.807) is 30.5 Å². The average Bonchev–Trinajstić information content (AvgIpc) is 2.96. The zero-order valence-electron chi connectivity index (χ0n) is 12.4. The van der Waals surface area contributed by atoms with Gasteiger partial charge in [-0.1, -0.05) is 17.7 Å². The summed E-state index contributed by atoms with van der Waals surface area (Å²) in [5.74, 6) is -0.00903. The maximum atomic E-state index is 12.9. The summed E-state index contributed by atoms with van der Waals surface area (Å²) in [6.07, 6.45) is 0. The Morgan fingerprint density at radius 3 is 2.71 bits per heavy atom. The highest BCUT2D eigenvalue weighted by molar-refractivity contribution is 7.09. The van der Waals surface area contributed by atoms with E-state index in [0.717, 1.165) is 5.69 Å². The molecule has 1 N–H and O–H groups in total. The number of anilines is 1. The Morgan fingerprint density at radius 2 is 2.14 bits per heavy atom. The molecular weight excluding hydrogens is 304 g/mol. The summed E-state index contributed by atoms with van der Waals surface area (Å²) in [6, 6.07) is 9.50. The molecule has 2 rings (SSSR count). The number of hydrogen-bond acceptors (Lipinski definition) is 3. The van der Waals surface area contributed by atoms with Crippen LogP contribution in [0.2, 0.25) is 5.02 Å². The van der Waals surface area contributed by atoms with Gasteiger partial charge in [0.1, 0.15) is 0 Å². The lowest BCUT2D eigenvalue weighted by molar-refractivity contribution is 0.0693. The molecule has 0 aliphatic carbocycles. The molecule has 112 valence electrons. The SMILES string of the molecule is CNc1ccc(Cl)cc1C(=O)N(Cc1cccs1)C(C)C. The number of carbonyl (C=O) groups excluding carboxylic acids is 1. The Balaban J connectivity index is 2.32. The fourth-order valence-electron chi connectivity index (χ4n) is 2.13. The molecule has 0 radical (unpaired) electrons. The molecule has 3 nitrogen and oxygen atoms in total. The molecular formula is C16H19ClN2OS. The molecule has 1 aromatic heterocycles. The molecule has 0 aliphatic rings. The van der Waals surface area contributed by atoms with E-state index in [1.807, 2.05) is 42.3 Å². The summed E-state index contributed by atoms with van der Waals surface area (Å²) in [4.78, 5) is 15.9. The Labute approximate surface area is 134 Å². The van der Waals surface area contributed by atoms with Crippen LogP contribution in [0.5, 0.6) is 0 Å². The van der Waals surface area contributed by atoms with Crippen molar-refractivity contribution < 1.29 is 4.79 Å². The third-order valence-corrected chi connectivity index (χ3v) is 4.37. The van der Waals surface area contributed by atoms with Gasteiger partial charge in [0.2, 0.25) is 0 Å². The standard InChI is InChI=1S/C16H19ClN2OS/c1-11(2)19(10-13-5-4-8-21-13)16(20)14-9-12(17)6-7-15(14)18-3/h4-9,11,18H,10H2,1-3H3. The molecule has 0 aliphatic heterocycles. The second-order valence-corrected chi connectivity index (χ2v) is 6.51. The van der Waals surface area contributed by atoms with Crippen molar-refractivity contribution in [3.05, 3.63) is 51.2 Å². The van der Waals surface area contributed by atoms with Crippen molar-refractivity contribution in [1.29, 1.82) is 0 Å². The predicted octanol–water partition coefficient (Wildman–Crippen LogP) is 4.49. The van der Waals surface area contributed by atoms with Crippen LogP contribution in [0.15, 0.2) is 35.7 Å². The first kappa shape index (κ1) is 15.9. The topological polar surface area (TPSA) is 32.3 Å². The minimum Gasteiger partial charge on any atom is -0.387 e. The maximum Gasteiger partial charge on any atom is 0.256 e. The Kier molecular flexibility index (Phi) is 5.26. The summed E-state index contributed by atoms with van der Waals surface area (Å²) < 4.78 is 0. The van der Waals surface area contributed by atoms with Gasteiger partial charge in [-0.25, -0.2) is 0 Å². The lowest BCUT2D eigenvalue weighted by Crippen LogP contribution is -2.36. The molecule has 0 spiro atoms. The summed E-state index contributed by atoms with van der Waals surface area (Å²) in [7, 11) is 1.80. The molecule has 1 heterocycles. The predicted molar refractivity (Wildman–Crippen MR) is 90.3 cm³/mol. The highest BCUT2D eigenvalue weighted by Gasteiger charge is 2.22. The molecule has 1 aromatic carbocycles. The lowest BCUT2D eigenvalue weighted by atomic mass is 10.1. The molecule has 0 saturated heterocycles. The van der Waals surface area contributed by atoms with E-state index in [2.05, 4.69) is 5.32 Å². The number of halogens is 1. The van der Waals surface area contributed by atoms with E-state index < -0.39 is 0 Å². The van der Waals surface area contributed by atoms with Crippen molar-refractivity contribution in [3.8, 4) is 0 Å². The number of hydrogen-bond donors (Lipinski definition) is 1. The van der Waals surface area contributed by atoms with Gasteiger partial charge in [0.25, 0.3) is 5.91 Å². The molecule has 0 fully saturated rings. The summed E-state index contributed by atoms with van der Waals surface area (Å²) in [6.45, 7) is 4.66. The Hall–Kier alpha value is -1.52. The van der Waals surface area contributed by atoms with E-state index in [-0.39, 0.29) is 11.9 Å². The zero-order valence-corrected chi connectivity index (χ0v) is 14.0. The molecule has 21 heavy (non-hydrogen) atoms. The average molecular weight is 323 g/mol. The maximum absolute atomic E-state index is 12.9. The second kappa shape index (κ2) is 6.96. The lowest BCUT2D eigenvalue weighted by Gasteiger charge is -2.27. The van der Waals surface area contributed by atoms with Crippen LogP contribution in [-0.4, -0.2) is 23.9 Å². The quantitative estimate of drug-likeness (QED) is 0.879. The number of carbonyl (C=O) groups is 1. The monoisotopic (exact) mass is 322 g/mol. The van der Waals surface area contributed by atoms with Crippen molar-refractivity contribution >= 4 is 34.5 Å². The van der Waals surface area contributed by atoms with E-state index >= 15 is 0 Å². The molecule has 0 atom stereocenters. The van der Waals surface area contributed by atoms with Gasteiger partial charge < -0.3 is 10.2 Å². The van der Waals surface area contributed by atoms with Gasteiger partial charge in [0.05, 0.1) is 12.1 Å². The largest absolute Gasteiger partial charge is 0.387 e. The Morgan fingerprint density at radius 1 is 1.38 bits per heavy atom. The second-order valence-electron chi connectivity index (χ2n) is 5.05. The van der Waals surface area contributed by atoms with E-state index in [9.17, 15) is 4.79 Å². The fourth-order valence-corrected chi connectivity index (χ4v) is 3.00. The number of amides is 1. The van der Waals surface area contributed by atoms with Gasteiger partial charge in [-0.2, -0.15) is 0 Å². The van der Waals surface area contributed by atoms with Gasteiger partial charge in [-0.3, -0.25) is 4.79 Å². The molecule has 1 amide bonds. The molecule has 0 saturated carbocycles. The van der Waals surface area contributed by atoms with E-state index in [1.165, 1.54) is 4.88 Å². The molecule has 0 bridgehead atoms. The van der Waals surface area contributed by atoms with Gasteiger partial charge in [0.15, 0.2) is 0 Å². The van der Waals surface area contributed by atoms with Crippen LogP contribution in [0.1, 0.15) is 29.1 Å². The summed E-state index contributed by atoms with van der Waals surface area (Å²) >= 11 is 7.71. The van der Waals surface area contributed by atoms with Crippen LogP contribution >= 0.6 is 22.9 Å². The van der Waals surface area contributed by atoms with Crippen molar-refractivity contribution in [2.75, 3.05) is 12.4 Å². The fraction of sp³-hybridized carbons (Fsp3) is 0.312. The zero-order chi connectivity index (χ0) is 15.4. The minimum absolute atomic E-state index is 0.00903. The minimum atomic E-state index is -0.00903. The summed E-state index contributed by atoms with van der Waals surface area (Å²) in [5, 5.41) is 5.64. The van der Waals surface area contributed by atoms with Crippen LogP contribution < -0.4 is 5.32 Å². The smallest absolute Gasteiger partial charge is 0.256 e. The van der Waals surface area contributed by atoms with Gasteiger partial charge in [-0.05, 0) is 43.5 Å². The third kappa shape index (κ3) is 3.77. The van der Waals surface area contributed by atoms with E-state index in [4.69, 9.17) is 11.6 Å². The Bertz CT molecular complexity index is 611. The highest BCUT2D eigenvalue weighted by Crippen LogP contribution is 2.24. The van der Waals surface area contributed by atoms with E-state index in [0.29, 0.717) is 17.1 Å². The number of rotatable bonds is 5. The number of benzene rings is 1. The van der Waals surface area contributed by atoms with Gasteiger partial charge in [0, 0.05) is 28.7 Å². The first-order valence-electron chi connectivity index (χ1n) is 6.83. The molecule has 5 heteroatoms. The van der Waals surface area contributed by atoms with Crippen molar-refractivity contribution in [1.82, 2.24) is 4.90 Å². The van der Waals surface area contributed by atoms with Crippen molar-refractivity contribution in [2.45, 2.75) is 26.4 Å². The molecule has 0 unspecified atom stereocenters. The van der Waals surface area contributed by atoms with Crippen LogP contribution in [0.4, 0.5) is 5.69 Å². The number of nitrogens with zero attached hydrogens (tertiary/aromatic N) is 1. The van der Waals surface area contributed by atoms with Crippen LogP contribution in [-0.2, 0) is 6.54 Å². The van der Waals surface area contributed by atoms with Gasteiger partial charge >= 0.3 is 0 Å². The summed E-state index contributed by atoms with van der Waals surface area (Å²) in [5.41, 5.74) is 1.40. The normalized spacial score (nSPS) is 10.7. The van der Waals surface area contributed by atoms with Crippen LogP contribution in [0.3, 0.4) is 0 Å². The van der Waals surface area contributed by atoms with Crippen molar-refractivity contribution in [2.24, 2.45) is 0 Å². The molecule has 2 aromatic rings. The third-order valence-electron chi connectivity index (χ3n) is 3.27. The highest BCUT2D eigenvalue weighted by atomic mass is 35.5. The first-order chi connectivity index (χ1) is 10.0. The number of nitrogens with one attached hydrogen (secondary N) is 1.